The number of ether oxygens (including phenoxy) is 2. The van der Waals surface area contributed by atoms with Gasteiger partial charge in [-0.15, -0.1) is 0 Å². The maximum atomic E-state index is 11.4. The van der Waals surface area contributed by atoms with E-state index in [-0.39, 0.29) is 11.4 Å². The lowest BCUT2D eigenvalue weighted by molar-refractivity contribution is 0.0427. The molecule has 0 aromatic heterocycles. The van der Waals surface area contributed by atoms with E-state index in [1.165, 1.54) is 13.0 Å². The summed E-state index contributed by atoms with van der Waals surface area (Å²) in [6.45, 7) is 4.87. The smallest absolute Gasteiger partial charge is 0.162 e. The van der Waals surface area contributed by atoms with Crippen LogP contribution in [0.5, 0.6) is 11.5 Å². The number of methoxy groups -OCH3 is 1. The van der Waals surface area contributed by atoms with Crippen molar-refractivity contribution in [1.82, 2.24) is 4.90 Å². The molecule has 3 rings (SSSR count). The third-order valence-corrected chi connectivity index (χ3v) is 4.40. The lowest BCUT2D eigenvalue weighted by atomic mass is 9.94. The van der Waals surface area contributed by atoms with E-state index in [2.05, 4.69) is 4.90 Å². The number of hydrogen-bond acceptors (Lipinski definition) is 4. The number of benzene rings is 1. The van der Waals surface area contributed by atoms with Gasteiger partial charge in [-0.2, -0.15) is 0 Å². The predicted molar refractivity (Wildman–Crippen MR) is 76.6 cm³/mol. The predicted octanol–water partition coefficient (Wildman–Crippen LogP) is 2.51. The summed E-state index contributed by atoms with van der Waals surface area (Å²) in [7, 11) is 1.62. The molecule has 0 radical (unpaired) electrons. The van der Waals surface area contributed by atoms with Crippen LogP contribution >= 0.6 is 0 Å². The molecule has 1 aromatic carbocycles. The number of fused-ring (bicyclic) bond motifs is 2. The SMILES string of the molecule is COc1cc(C(C)=O)ccc1O[C@@]12CCCN(CC1)C2. The van der Waals surface area contributed by atoms with Crippen molar-refractivity contribution >= 4 is 5.78 Å². The Kier molecular flexibility index (Phi) is 3.42. The van der Waals surface area contributed by atoms with Crippen LogP contribution < -0.4 is 9.47 Å². The molecule has 4 nitrogen and oxygen atoms in total. The van der Waals surface area contributed by atoms with Crippen molar-refractivity contribution in [3.8, 4) is 11.5 Å². The van der Waals surface area contributed by atoms with E-state index in [4.69, 9.17) is 9.47 Å². The molecule has 2 aliphatic rings. The fraction of sp³-hybridized carbons (Fsp3) is 0.562. The fourth-order valence-electron chi connectivity index (χ4n) is 3.29. The van der Waals surface area contributed by atoms with Gasteiger partial charge >= 0.3 is 0 Å². The highest BCUT2D eigenvalue weighted by atomic mass is 16.5. The largest absolute Gasteiger partial charge is 0.493 e. The van der Waals surface area contributed by atoms with Gasteiger partial charge in [0.05, 0.1) is 7.11 Å². The Morgan fingerprint density at radius 1 is 1.25 bits per heavy atom. The van der Waals surface area contributed by atoms with Crippen LogP contribution in [0.1, 0.15) is 36.5 Å². The second-order valence-electron chi connectivity index (χ2n) is 5.84. The summed E-state index contributed by atoms with van der Waals surface area (Å²) in [4.78, 5) is 13.9. The summed E-state index contributed by atoms with van der Waals surface area (Å²) in [6.07, 6.45) is 3.36. The van der Waals surface area contributed by atoms with Crippen LogP contribution in [0.15, 0.2) is 18.2 Å². The Morgan fingerprint density at radius 2 is 2.10 bits per heavy atom. The van der Waals surface area contributed by atoms with Gasteiger partial charge in [-0.3, -0.25) is 9.69 Å². The summed E-state index contributed by atoms with van der Waals surface area (Å²) in [5, 5.41) is 0. The maximum Gasteiger partial charge on any atom is 0.162 e. The lowest BCUT2D eigenvalue weighted by Crippen LogP contribution is -2.43. The van der Waals surface area contributed by atoms with Crippen molar-refractivity contribution in [1.29, 1.82) is 0 Å². The number of piperidine rings is 1. The van der Waals surface area contributed by atoms with E-state index in [1.54, 1.807) is 20.1 Å². The summed E-state index contributed by atoms with van der Waals surface area (Å²) < 4.78 is 11.7. The van der Waals surface area contributed by atoms with Crippen LogP contribution in [-0.4, -0.2) is 43.0 Å². The van der Waals surface area contributed by atoms with E-state index < -0.39 is 0 Å². The standard InChI is InChI=1S/C16H21NO3/c1-12(18)13-4-5-14(15(10-13)19-2)20-16-6-3-8-17(11-16)9-7-16/h4-5,10H,3,6-9,11H2,1-2H3/t16-/m0/s1. The Balaban J connectivity index is 1.85. The normalized spacial score (nSPS) is 28.2. The van der Waals surface area contributed by atoms with E-state index >= 15 is 0 Å². The molecule has 20 heavy (non-hydrogen) atoms. The van der Waals surface area contributed by atoms with E-state index in [1.807, 2.05) is 12.1 Å². The summed E-state index contributed by atoms with van der Waals surface area (Å²) in [6, 6.07) is 5.44. The molecule has 0 amide bonds. The lowest BCUT2D eigenvalue weighted by Gasteiger charge is -2.34. The molecule has 2 atom stereocenters. The van der Waals surface area contributed by atoms with Gasteiger partial charge in [-0.1, -0.05) is 0 Å². The Labute approximate surface area is 119 Å². The topological polar surface area (TPSA) is 38.8 Å². The first-order valence-corrected chi connectivity index (χ1v) is 7.22. The maximum absolute atomic E-state index is 11.4. The van der Waals surface area contributed by atoms with Crippen molar-refractivity contribution in [2.45, 2.75) is 31.8 Å². The molecular formula is C16H21NO3. The number of hydrogen-bond donors (Lipinski definition) is 0. The number of Topliss-reactive ketones (excluding diaryl/α,β-unsaturated/α-hetero) is 1. The quantitative estimate of drug-likeness (QED) is 0.791. The van der Waals surface area contributed by atoms with Crippen LogP contribution in [0, 0.1) is 0 Å². The Bertz CT molecular complexity index is 524. The first kappa shape index (κ1) is 13.4. The van der Waals surface area contributed by atoms with Crippen LogP contribution in [-0.2, 0) is 0 Å². The molecule has 1 unspecified atom stereocenters. The number of ketones is 1. The van der Waals surface area contributed by atoms with Gasteiger partial charge in [0, 0.05) is 25.1 Å². The van der Waals surface area contributed by atoms with Crippen molar-refractivity contribution in [2.75, 3.05) is 26.7 Å². The highest BCUT2D eigenvalue weighted by Crippen LogP contribution is 2.39. The molecule has 2 aliphatic heterocycles. The van der Waals surface area contributed by atoms with Gasteiger partial charge in [0.1, 0.15) is 5.60 Å². The summed E-state index contributed by atoms with van der Waals surface area (Å²) in [5.74, 6) is 1.44. The summed E-state index contributed by atoms with van der Waals surface area (Å²) >= 11 is 0. The van der Waals surface area contributed by atoms with Crippen LogP contribution in [0.2, 0.25) is 0 Å². The average molecular weight is 275 g/mol. The monoisotopic (exact) mass is 275 g/mol. The van der Waals surface area contributed by atoms with Gasteiger partial charge < -0.3 is 9.47 Å². The van der Waals surface area contributed by atoms with Crippen LogP contribution in [0.4, 0.5) is 0 Å². The number of carbonyl (C=O) groups excluding carboxylic acids is 1. The van der Waals surface area contributed by atoms with Crippen molar-refractivity contribution < 1.29 is 14.3 Å². The third-order valence-electron chi connectivity index (χ3n) is 4.40. The zero-order valence-corrected chi connectivity index (χ0v) is 12.1. The first-order chi connectivity index (χ1) is 9.62. The Morgan fingerprint density at radius 3 is 2.85 bits per heavy atom. The van der Waals surface area contributed by atoms with Gasteiger partial charge in [0.2, 0.25) is 0 Å². The Hall–Kier alpha value is -1.55. The minimum atomic E-state index is -0.0662. The highest BCUT2D eigenvalue weighted by Gasteiger charge is 2.43. The number of rotatable bonds is 4. The molecule has 2 fully saturated rings. The van der Waals surface area contributed by atoms with Crippen molar-refractivity contribution in [3.05, 3.63) is 23.8 Å². The van der Waals surface area contributed by atoms with Crippen LogP contribution in [0.25, 0.3) is 0 Å². The molecule has 2 saturated heterocycles. The van der Waals surface area contributed by atoms with Gasteiger partial charge in [-0.05, 0) is 44.5 Å². The molecule has 1 aromatic rings. The van der Waals surface area contributed by atoms with Crippen molar-refractivity contribution in [2.24, 2.45) is 0 Å². The van der Waals surface area contributed by atoms with Gasteiger partial charge in [-0.25, -0.2) is 0 Å². The van der Waals surface area contributed by atoms with Gasteiger partial charge in [0.25, 0.3) is 0 Å². The van der Waals surface area contributed by atoms with E-state index in [0.717, 1.165) is 31.7 Å². The molecule has 2 heterocycles. The molecular weight excluding hydrogens is 254 g/mol. The van der Waals surface area contributed by atoms with E-state index in [0.29, 0.717) is 11.3 Å². The second-order valence-corrected chi connectivity index (χ2v) is 5.84. The number of carbonyl (C=O) groups is 1. The molecule has 0 aliphatic carbocycles. The van der Waals surface area contributed by atoms with Gasteiger partial charge in [0.15, 0.2) is 17.3 Å². The molecule has 108 valence electrons. The molecule has 0 spiro atoms. The fourth-order valence-corrected chi connectivity index (χ4v) is 3.29. The summed E-state index contributed by atoms with van der Waals surface area (Å²) in [5.41, 5.74) is 0.590. The highest BCUT2D eigenvalue weighted by molar-refractivity contribution is 5.94. The van der Waals surface area contributed by atoms with Crippen LogP contribution in [0.3, 0.4) is 0 Å². The molecule has 0 N–H and O–H groups in total. The second kappa shape index (κ2) is 5.09. The number of nitrogens with zero attached hydrogens (tertiary/aromatic N) is 1. The zero-order chi connectivity index (χ0) is 14.2. The molecule has 0 saturated carbocycles. The van der Waals surface area contributed by atoms with E-state index in [9.17, 15) is 4.79 Å². The minimum Gasteiger partial charge on any atom is -0.493 e. The molecule has 4 heteroatoms. The first-order valence-electron chi connectivity index (χ1n) is 7.22. The minimum absolute atomic E-state index is 0.0396. The van der Waals surface area contributed by atoms with Crippen molar-refractivity contribution in [3.63, 3.8) is 0 Å². The molecule has 2 bridgehead atoms. The zero-order valence-electron chi connectivity index (χ0n) is 12.1. The third kappa shape index (κ3) is 2.40. The average Bonchev–Trinajstić information content (AvgIpc) is 2.73.